The average Bonchev–Trinajstić information content (AvgIpc) is 2.22. The number of rotatable bonds is 2. The van der Waals surface area contributed by atoms with Crippen molar-refractivity contribution >= 4 is 46.8 Å². The van der Waals surface area contributed by atoms with Gasteiger partial charge in [0.1, 0.15) is 10.1 Å². The minimum atomic E-state index is 0. The molecule has 0 aliphatic rings. The topological polar surface area (TPSA) is 25.8 Å². The maximum atomic E-state index is 4.32. The maximum absolute atomic E-state index is 4.32. The molecule has 0 unspecified atom stereocenters. The number of halogens is 2. The van der Waals surface area contributed by atoms with Gasteiger partial charge in [-0.15, -0.1) is 12.4 Å². The zero-order valence-corrected chi connectivity index (χ0v) is 12.3. The Morgan fingerprint density at radius 2 is 2.00 bits per heavy atom. The number of aromatic nitrogens is 2. The van der Waals surface area contributed by atoms with Crippen molar-refractivity contribution in [2.75, 3.05) is 0 Å². The van der Waals surface area contributed by atoms with E-state index in [0.29, 0.717) is 0 Å². The van der Waals surface area contributed by atoms with Crippen molar-refractivity contribution in [2.24, 2.45) is 0 Å². The molecule has 5 heteroatoms. The third-order valence-electron chi connectivity index (χ3n) is 1.82. The molecule has 0 N–H and O–H groups in total. The number of pyridine rings is 2. The highest BCUT2D eigenvalue weighted by Crippen LogP contribution is 2.27. The molecule has 16 heavy (non-hydrogen) atoms. The Labute approximate surface area is 119 Å². The fourth-order valence-corrected chi connectivity index (χ4v) is 2.62. The molecule has 0 fully saturated rings. The summed E-state index contributed by atoms with van der Waals surface area (Å²) in [6.45, 7) is 2.06. The maximum Gasteiger partial charge on any atom is 0.116 e. The second-order valence-electron chi connectivity index (χ2n) is 3.06. The molecule has 0 spiro atoms. The lowest BCUT2D eigenvalue weighted by atomic mass is 10.3. The molecule has 2 aromatic heterocycles. The minimum absolute atomic E-state index is 0. The number of aryl methyl sites for hydroxylation is 1. The third-order valence-corrected chi connectivity index (χ3v) is 4.00. The fraction of sp³-hybridized carbons (Fsp3) is 0.0909. The van der Waals surface area contributed by atoms with Crippen molar-refractivity contribution in [1.29, 1.82) is 0 Å². The van der Waals surface area contributed by atoms with Gasteiger partial charge in [0, 0.05) is 16.0 Å². The monoisotopic (exact) mass is 364 g/mol. The van der Waals surface area contributed by atoms with Crippen LogP contribution in [-0.2, 0) is 0 Å². The fourth-order valence-electron chi connectivity index (χ4n) is 1.11. The van der Waals surface area contributed by atoms with Crippen molar-refractivity contribution in [3.05, 3.63) is 45.8 Å². The summed E-state index contributed by atoms with van der Waals surface area (Å²) in [6, 6.07) is 8.05. The first-order chi connectivity index (χ1) is 7.25. The summed E-state index contributed by atoms with van der Waals surface area (Å²) in [5.74, 6) is 0. The van der Waals surface area contributed by atoms with Crippen molar-refractivity contribution in [3.8, 4) is 0 Å². The highest BCUT2D eigenvalue weighted by molar-refractivity contribution is 14.1. The Hall–Kier alpha value is -0.330. The van der Waals surface area contributed by atoms with Crippen LogP contribution < -0.4 is 0 Å². The lowest BCUT2D eigenvalue weighted by Gasteiger charge is -2.02. The van der Waals surface area contributed by atoms with Gasteiger partial charge < -0.3 is 0 Å². The lowest BCUT2D eigenvalue weighted by Crippen LogP contribution is -1.86. The van der Waals surface area contributed by atoms with Crippen LogP contribution in [0.25, 0.3) is 0 Å². The van der Waals surface area contributed by atoms with E-state index in [4.69, 9.17) is 0 Å². The van der Waals surface area contributed by atoms with E-state index in [1.54, 1.807) is 18.0 Å². The Morgan fingerprint density at radius 3 is 2.69 bits per heavy atom. The van der Waals surface area contributed by atoms with Crippen molar-refractivity contribution in [3.63, 3.8) is 0 Å². The van der Waals surface area contributed by atoms with Gasteiger partial charge in [0.05, 0.1) is 0 Å². The van der Waals surface area contributed by atoms with Crippen LogP contribution in [0.2, 0.25) is 0 Å². The highest BCUT2D eigenvalue weighted by Gasteiger charge is 2.03. The van der Waals surface area contributed by atoms with Crippen LogP contribution >= 0.6 is 46.8 Å². The molecular weight excluding hydrogens is 355 g/mol. The first-order valence-corrected chi connectivity index (χ1v) is 6.36. The molecule has 2 heterocycles. The van der Waals surface area contributed by atoms with Crippen molar-refractivity contribution < 1.29 is 0 Å². The van der Waals surface area contributed by atoms with Gasteiger partial charge >= 0.3 is 0 Å². The van der Waals surface area contributed by atoms with Gasteiger partial charge in [0.15, 0.2) is 0 Å². The second-order valence-corrected chi connectivity index (χ2v) is 5.24. The average molecular weight is 365 g/mol. The van der Waals surface area contributed by atoms with Gasteiger partial charge in [-0.3, -0.25) is 0 Å². The van der Waals surface area contributed by atoms with Gasteiger partial charge in [0.25, 0.3) is 0 Å². The van der Waals surface area contributed by atoms with Crippen LogP contribution in [0.4, 0.5) is 0 Å². The van der Waals surface area contributed by atoms with Crippen LogP contribution in [0.1, 0.15) is 5.56 Å². The van der Waals surface area contributed by atoms with E-state index in [1.807, 2.05) is 24.4 Å². The summed E-state index contributed by atoms with van der Waals surface area (Å²) in [7, 11) is 0. The summed E-state index contributed by atoms with van der Waals surface area (Å²) < 4.78 is 1.16. The zero-order valence-electron chi connectivity index (χ0n) is 8.55. The van der Waals surface area contributed by atoms with E-state index in [1.165, 1.54) is 5.56 Å². The van der Waals surface area contributed by atoms with Crippen LogP contribution in [0.5, 0.6) is 0 Å². The molecule has 0 aliphatic carbocycles. The summed E-state index contributed by atoms with van der Waals surface area (Å²) >= 11 is 3.88. The van der Waals surface area contributed by atoms with Crippen LogP contribution in [0.15, 0.2) is 46.7 Å². The second kappa shape index (κ2) is 6.42. The largest absolute Gasteiger partial charge is 0.250 e. The molecule has 0 saturated heterocycles. The number of hydrogen-bond donors (Lipinski definition) is 0. The Kier molecular flexibility index (Phi) is 5.51. The molecule has 2 aromatic rings. The molecule has 84 valence electrons. The normalized spacial score (nSPS) is 9.62. The molecule has 2 rings (SSSR count). The SMILES string of the molecule is Cc1ccnc(Sc2ncccc2I)c1.Cl. The van der Waals surface area contributed by atoms with Crippen LogP contribution in [0.3, 0.4) is 0 Å². The zero-order chi connectivity index (χ0) is 10.7. The smallest absolute Gasteiger partial charge is 0.116 e. The van der Waals surface area contributed by atoms with Gasteiger partial charge in [-0.05, 0) is 71.1 Å². The van der Waals surface area contributed by atoms with Crippen LogP contribution in [-0.4, -0.2) is 9.97 Å². The number of nitrogens with zero attached hydrogens (tertiary/aromatic N) is 2. The van der Waals surface area contributed by atoms with Gasteiger partial charge in [0.2, 0.25) is 0 Å². The molecule has 0 radical (unpaired) electrons. The first-order valence-electron chi connectivity index (χ1n) is 4.47. The molecular formula is C11H10ClIN2S. The Morgan fingerprint density at radius 1 is 1.19 bits per heavy atom. The quantitative estimate of drug-likeness (QED) is 0.754. The summed E-state index contributed by atoms with van der Waals surface area (Å²) in [4.78, 5) is 8.61. The van der Waals surface area contributed by atoms with E-state index < -0.39 is 0 Å². The summed E-state index contributed by atoms with van der Waals surface area (Å²) in [5.41, 5.74) is 1.22. The number of hydrogen-bond acceptors (Lipinski definition) is 3. The standard InChI is InChI=1S/C11H9IN2S.ClH/c1-8-4-6-13-10(7-8)15-11-9(12)3-2-5-14-11;/h2-7H,1H3;1H. The predicted octanol–water partition coefficient (Wildman–Crippen LogP) is 3.96. The summed E-state index contributed by atoms with van der Waals surface area (Å²) in [6.07, 6.45) is 3.63. The highest BCUT2D eigenvalue weighted by atomic mass is 127. The molecule has 0 aromatic carbocycles. The Bertz CT molecular complexity index is 479. The molecule has 0 amide bonds. The van der Waals surface area contributed by atoms with E-state index in [9.17, 15) is 0 Å². The van der Waals surface area contributed by atoms with Crippen molar-refractivity contribution in [1.82, 2.24) is 9.97 Å². The predicted molar refractivity (Wildman–Crippen MR) is 77.3 cm³/mol. The van der Waals surface area contributed by atoms with Gasteiger partial charge in [-0.1, -0.05) is 0 Å². The van der Waals surface area contributed by atoms with Gasteiger partial charge in [-0.2, -0.15) is 0 Å². The Balaban J connectivity index is 0.00000128. The lowest BCUT2D eigenvalue weighted by molar-refractivity contribution is 1.07. The van der Waals surface area contributed by atoms with Gasteiger partial charge in [-0.25, -0.2) is 9.97 Å². The molecule has 0 aliphatic heterocycles. The van der Waals surface area contributed by atoms with E-state index in [-0.39, 0.29) is 12.4 Å². The molecule has 0 bridgehead atoms. The van der Waals surface area contributed by atoms with Crippen LogP contribution in [0, 0.1) is 10.5 Å². The van der Waals surface area contributed by atoms with E-state index in [2.05, 4.69) is 45.5 Å². The molecule has 0 atom stereocenters. The summed E-state index contributed by atoms with van der Waals surface area (Å²) in [5, 5.41) is 2.00. The van der Waals surface area contributed by atoms with E-state index >= 15 is 0 Å². The van der Waals surface area contributed by atoms with E-state index in [0.717, 1.165) is 13.6 Å². The van der Waals surface area contributed by atoms with Crippen molar-refractivity contribution in [2.45, 2.75) is 17.0 Å². The first kappa shape index (κ1) is 13.7. The molecule has 0 saturated carbocycles. The third kappa shape index (κ3) is 3.61. The minimum Gasteiger partial charge on any atom is -0.250 e. The molecule has 2 nitrogen and oxygen atoms in total.